The summed E-state index contributed by atoms with van der Waals surface area (Å²) in [5, 5.41) is 10.6. The second-order valence-corrected chi connectivity index (χ2v) is 5.88. The zero-order chi connectivity index (χ0) is 11.7. The predicted molar refractivity (Wildman–Crippen MR) is 64.6 cm³/mol. The Morgan fingerprint density at radius 3 is 2.20 bits per heavy atom. The third-order valence-corrected chi connectivity index (χ3v) is 4.60. The predicted octanol–water partition coefficient (Wildman–Crippen LogP) is 2.69. The molecule has 0 amide bonds. The van der Waals surface area contributed by atoms with E-state index in [0.717, 1.165) is 43.9 Å². The van der Waals surface area contributed by atoms with E-state index in [2.05, 4.69) is 20.8 Å². The highest BCUT2D eigenvalue weighted by Crippen LogP contribution is 2.41. The first-order valence-electron chi connectivity index (χ1n) is 6.33. The fourth-order valence-electron chi connectivity index (χ4n) is 2.68. The van der Waals surface area contributed by atoms with Crippen LogP contribution in [0, 0.1) is 11.8 Å². The first-order chi connectivity index (χ1) is 6.82. The van der Waals surface area contributed by atoms with Gasteiger partial charge >= 0.3 is 0 Å². The molecule has 1 atom stereocenters. The van der Waals surface area contributed by atoms with Crippen LogP contribution in [0.5, 0.6) is 0 Å². The summed E-state index contributed by atoms with van der Waals surface area (Å²) in [6, 6.07) is 0. The van der Waals surface area contributed by atoms with E-state index in [1.54, 1.807) is 0 Å². The molecule has 1 fully saturated rings. The molecule has 0 spiro atoms. The zero-order valence-corrected chi connectivity index (χ0v) is 10.7. The molecule has 1 saturated carbocycles. The fraction of sp³-hybridized carbons (Fsp3) is 1.00. The lowest BCUT2D eigenvalue weighted by molar-refractivity contribution is -0.0725. The Labute approximate surface area is 94.2 Å². The van der Waals surface area contributed by atoms with Crippen molar-refractivity contribution in [1.82, 2.24) is 0 Å². The van der Waals surface area contributed by atoms with E-state index in [1.165, 1.54) is 0 Å². The van der Waals surface area contributed by atoms with Crippen LogP contribution in [-0.2, 0) is 0 Å². The van der Waals surface area contributed by atoms with E-state index in [9.17, 15) is 5.11 Å². The van der Waals surface area contributed by atoms with Crippen LogP contribution < -0.4 is 5.73 Å². The summed E-state index contributed by atoms with van der Waals surface area (Å²) < 4.78 is 0. The van der Waals surface area contributed by atoms with Crippen molar-refractivity contribution in [3.05, 3.63) is 0 Å². The second-order valence-electron chi connectivity index (χ2n) is 5.88. The summed E-state index contributed by atoms with van der Waals surface area (Å²) in [4.78, 5) is 0. The van der Waals surface area contributed by atoms with Gasteiger partial charge in [0.2, 0.25) is 0 Å². The minimum Gasteiger partial charge on any atom is -0.388 e. The molecule has 1 aliphatic rings. The molecule has 0 aliphatic heterocycles. The molecule has 3 N–H and O–H groups in total. The van der Waals surface area contributed by atoms with Crippen molar-refractivity contribution in [2.45, 2.75) is 70.9 Å². The molecule has 1 unspecified atom stereocenters. The minimum atomic E-state index is -0.632. The molecule has 2 nitrogen and oxygen atoms in total. The molecule has 0 radical (unpaired) electrons. The molecule has 0 aromatic carbocycles. The Balaban J connectivity index is 2.62. The van der Waals surface area contributed by atoms with Gasteiger partial charge in [0.1, 0.15) is 0 Å². The Morgan fingerprint density at radius 2 is 1.87 bits per heavy atom. The van der Waals surface area contributed by atoms with Crippen molar-refractivity contribution >= 4 is 0 Å². The molecule has 90 valence electrons. The highest BCUT2D eigenvalue weighted by atomic mass is 16.3. The van der Waals surface area contributed by atoms with Crippen LogP contribution in [-0.4, -0.2) is 16.2 Å². The van der Waals surface area contributed by atoms with Crippen LogP contribution in [0.4, 0.5) is 0 Å². The summed E-state index contributed by atoms with van der Waals surface area (Å²) in [5.74, 6) is 1.51. The van der Waals surface area contributed by atoms with Crippen LogP contribution >= 0.6 is 0 Å². The first kappa shape index (κ1) is 13.0. The van der Waals surface area contributed by atoms with Gasteiger partial charge in [-0.25, -0.2) is 0 Å². The smallest absolute Gasteiger partial charge is 0.0823 e. The standard InChI is InChI=1S/C13H27NO/c1-5-12(4,14)13(15)8-6-11(7-9-13)10(2)3/h10-11,15H,5-9,14H2,1-4H3. The summed E-state index contributed by atoms with van der Waals surface area (Å²) in [6.45, 7) is 8.60. The second kappa shape index (κ2) is 4.42. The van der Waals surface area contributed by atoms with Gasteiger partial charge in [-0.15, -0.1) is 0 Å². The van der Waals surface area contributed by atoms with Gasteiger partial charge in [-0.1, -0.05) is 20.8 Å². The van der Waals surface area contributed by atoms with Gasteiger partial charge in [0.05, 0.1) is 5.60 Å². The average Bonchev–Trinajstić information content (AvgIpc) is 2.18. The maximum absolute atomic E-state index is 10.6. The van der Waals surface area contributed by atoms with Gasteiger partial charge in [0.15, 0.2) is 0 Å². The quantitative estimate of drug-likeness (QED) is 0.757. The maximum atomic E-state index is 10.6. The van der Waals surface area contributed by atoms with Crippen LogP contribution in [0.2, 0.25) is 0 Å². The normalized spacial score (nSPS) is 36.6. The van der Waals surface area contributed by atoms with Crippen LogP contribution in [0.3, 0.4) is 0 Å². The Bertz CT molecular complexity index is 203. The van der Waals surface area contributed by atoms with Crippen molar-refractivity contribution in [3.8, 4) is 0 Å². The molecule has 0 aromatic rings. The number of hydrogen-bond donors (Lipinski definition) is 2. The first-order valence-corrected chi connectivity index (χ1v) is 6.33. The highest BCUT2D eigenvalue weighted by molar-refractivity contribution is 5.02. The number of rotatable bonds is 3. The summed E-state index contributed by atoms with van der Waals surface area (Å²) in [5.41, 5.74) is 5.14. The monoisotopic (exact) mass is 213 g/mol. The van der Waals surface area contributed by atoms with Crippen molar-refractivity contribution in [1.29, 1.82) is 0 Å². The largest absolute Gasteiger partial charge is 0.388 e. The van der Waals surface area contributed by atoms with E-state index < -0.39 is 11.1 Å². The van der Waals surface area contributed by atoms with Gasteiger partial charge in [0.25, 0.3) is 0 Å². The van der Waals surface area contributed by atoms with Gasteiger partial charge in [0, 0.05) is 5.54 Å². The lowest BCUT2D eigenvalue weighted by atomic mass is 9.66. The lowest BCUT2D eigenvalue weighted by Crippen LogP contribution is -2.59. The van der Waals surface area contributed by atoms with Crippen molar-refractivity contribution in [2.24, 2.45) is 17.6 Å². The summed E-state index contributed by atoms with van der Waals surface area (Å²) in [7, 11) is 0. The van der Waals surface area contributed by atoms with Crippen LogP contribution in [0.15, 0.2) is 0 Å². The molecule has 0 heterocycles. The van der Waals surface area contributed by atoms with Gasteiger partial charge in [-0.2, -0.15) is 0 Å². The minimum absolute atomic E-state index is 0.422. The van der Waals surface area contributed by atoms with Crippen molar-refractivity contribution in [2.75, 3.05) is 0 Å². The molecule has 0 aromatic heterocycles. The van der Waals surface area contributed by atoms with Crippen LogP contribution in [0.1, 0.15) is 59.8 Å². The van der Waals surface area contributed by atoms with Crippen molar-refractivity contribution < 1.29 is 5.11 Å². The molecule has 0 bridgehead atoms. The SMILES string of the molecule is CCC(C)(N)C1(O)CCC(C(C)C)CC1. The Morgan fingerprint density at radius 1 is 1.40 bits per heavy atom. The molecule has 0 saturated heterocycles. The lowest BCUT2D eigenvalue weighted by Gasteiger charge is -2.47. The van der Waals surface area contributed by atoms with Crippen molar-refractivity contribution in [3.63, 3.8) is 0 Å². The van der Waals surface area contributed by atoms with E-state index in [1.807, 2.05) is 6.92 Å². The third kappa shape index (κ3) is 2.54. The van der Waals surface area contributed by atoms with Gasteiger partial charge < -0.3 is 10.8 Å². The summed E-state index contributed by atoms with van der Waals surface area (Å²) >= 11 is 0. The molecular formula is C13H27NO. The van der Waals surface area contributed by atoms with Gasteiger partial charge in [-0.3, -0.25) is 0 Å². The summed E-state index contributed by atoms with van der Waals surface area (Å²) in [6.07, 6.45) is 4.84. The highest BCUT2D eigenvalue weighted by Gasteiger charge is 2.45. The zero-order valence-electron chi connectivity index (χ0n) is 10.7. The Hall–Kier alpha value is -0.0800. The molecule has 1 rings (SSSR count). The number of nitrogens with two attached hydrogens (primary N) is 1. The maximum Gasteiger partial charge on any atom is 0.0823 e. The average molecular weight is 213 g/mol. The molecule has 1 aliphatic carbocycles. The molecule has 15 heavy (non-hydrogen) atoms. The van der Waals surface area contributed by atoms with E-state index in [-0.39, 0.29) is 0 Å². The molecule has 2 heteroatoms. The number of aliphatic hydroxyl groups is 1. The molecular weight excluding hydrogens is 186 g/mol. The van der Waals surface area contributed by atoms with E-state index >= 15 is 0 Å². The topological polar surface area (TPSA) is 46.2 Å². The van der Waals surface area contributed by atoms with E-state index in [0.29, 0.717) is 0 Å². The fourth-order valence-corrected chi connectivity index (χ4v) is 2.68. The van der Waals surface area contributed by atoms with Gasteiger partial charge in [-0.05, 0) is 50.9 Å². The number of hydrogen-bond acceptors (Lipinski definition) is 2. The van der Waals surface area contributed by atoms with Crippen LogP contribution in [0.25, 0.3) is 0 Å². The Kier molecular flexibility index (Phi) is 3.83. The third-order valence-electron chi connectivity index (χ3n) is 4.60. The van der Waals surface area contributed by atoms with E-state index in [4.69, 9.17) is 5.73 Å².